The maximum Gasteiger partial charge on any atom is 0.233 e. The molecule has 1 heterocycles. The highest BCUT2D eigenvalue weighted by Crippen LogP contribution is 2.32. The Hall–Kier alpha value is -2.64. The number of aromatic nitrogens is 1. The molecule has 0 atom stereocenters. The molecular weight excluding hydrogens is 352 g/mol. The number of oxazole rings is 1. The molecule has 3 rings (SSSR count). The first-order chi connectivity index (χ1) is 12.6. The third-order valence-corrected chi connectivity index (χ3v) is 5.41. The van der Waals surface area contributed by atoms with E-state index in [-0.39, 0.29) is 21.7 Å². The van der Waals surface area contributed by atoms with Gasteiger partial charge in [-0.1, -0.05) is 36.4 Å². The molecule has 2 aromatic carbocycles. The fraction of sp³-hybridized carbons (Fsp3) is 0.211. The number of sulfone groups is 1. The first-order valence-corrected chi connectivity index (χ1v) is 9.70. The van der Waals surface area contributed by atoms with E-state index in [1.807, 2.05) is 30.3 Å². The van der Waals surface area contributed by atoms with Crippen molar-refractivity contribution in [3.05, 3.63) is 60.7 Å². The van der Waals surface area contributed by atoms with Crippen LogP contribution < -0.4 is 5.32 Å². The number of methoxy groups -OCH3 is 1. The van der Waals surface area contributed by atoms with Crippen LogP contribution in [0.15, 0.2) is 75.0 Å². The Labute approximate surface area is 152 Å². The molecule has 0 radical (unpaired) electrons. The van der Waals surface area contributed by atoms with Gasteiger partial charge >= 0.3 is 0 Å². The number of nitrogens with one attached hydrogen (secondary N) is 1. The van der Waals surface area contributed by atoms with Gasteiger partial charge in [0.15, 0.2) is 0 Å². The largest absolute Gasteiger partial charge is 0.419 e. The Morgan fingerprint density at radius 1 is 1.04 bits per heavy atom. The molecular formula is C19H20N2O4S. The zero-order chi connectivity index (χ0) is 18.4. The number of benzene rings is 2. The molecule has 0 aliphatic rings. The molecule has 1 aromatic heterocycles. The number of nitrogens with zero attached hydrogens (tertiary/aromatic N) is 1. The van der Waals surface area contributed by atoms with Crippen molar-refractivity contribution in [2.24, 2.45) is 0 Å². The smallest absolute Gasteiger partial charge is 0.233 e. The molecule has 0 bridgehead atoms. The number of anilines is 1. The van der Waals surface area contributed by atoms with E-state index in [0.717, 1.165) is 0 Å². The number of ether oxygens (including phenoxy) is 1. The quantitative estimate of drug-likeness (QED) is 0.608. The zero-order valence-electron chi connectivity index (χ0n) is 14.4. The van der Waals surface area contributed by atoms with Crippen LogP contribution in [0.3, 0.4) is 0 Å². The van der Waals surface area contributed by atoms with Crippen molar-refractivity contribution in [2.75, 3.05) is 25.6 Å². The normalized spacial score (nSPS) is 11.4. The van der Waals surface area contributed by atoms with Crippen LogP contribution >= 0.6 is 0 Å². The summed E-state index contributed by atoms with van der Waals surface area (Å²) in [5.74, 6) is 0.401. The minimum absolute atomic E-state index is 0.111. The molecule has 0 saturated heterocycles. The van der Waals surface area contributed by atoms with Gasteiger partial charge in [-0.2, -0.15) is 4.98 Å². The molecule has 0 spiro atoms. The van der Waals surface area contributed by atoms with Crippen LogP contribution in [0, 0.1) is 0 Å². The lowest BCUT2D eigenvalue weighted by Crippen LogP contribution is -2.09. The Morgan fingerprint density at radius 3 is 2.35 bits per heavy atom. The lowest BCUT2D eigenvalue weighted by molar-refractivity contribution is 0.197. The van der Waals surface area contributed by atoms with Gasteiger partial charge < -0.3 is 14.5 Å². The fourth-order valence-electron chi connectivity index (χ4n) is 2.43. The van der Waals surface area contributed by atoms with E-state index in [1.165, 1.54) is 0 Å². The van der Waals surface area contributed by atoms with Crippen molar-refractivity contribution in [1.29, 1.82) is 0 Å². The van der Waals surface area contributed by atoms with Crippen LogP contribution in [0.4, 0.5) is 5.88 Å². The zero-order valence-corrected chi connectivity index (χ0v) is 15.2. The van der Waals surface area contributed by atoms with Gasteiger partial charge in [-0.05, 0) is 30.7 Å². The molecule has 0 fully saturated rings. The second kappa shape index (κ2) is 8.16. The Bertz CT molecular complexity index is 938. The van der Waals surface area contributed by atoms with Crippen LogP contribution in [0.1, 0.15) is 6.42 Å². The second-order valence-electron chi connectivity index (χ2n) is 5.61. The minimum Gasteiger partial charge on any atom is -0.419 e. The van der Waals surface area contributed by atoms with Gasteiger partial charge in [0.2, 0.25) is 26.6 Å². The lowest BCUT2D eigenvalue weighted by Gasteiger charge is -2.05. The van der Waals surface area contributed by atoms with Gasteiger partial charge in [-0.15, -0.1) is 0 Å². The summed E-state index contributed by atoms with van der Waals surface area (Å²) in [5.41, 5.74) is 0.710. The van der Waals surface area contributed by atoms with Crippen molar-refractivity contribution in [1.82, 2.24) is 4.98 Å². The molecule has 0 unspecified atom stereocenters. The number of rotatable bonds is 8. The average molecular weight is 372 g/mol. The highest BCUT2D eigenvalue weighted by Gasteiger charge is 2.28. The van der Waals surface area contributed by atoms with Crippen molar-refractivity contribution >= 4 is 15.7 Å². The third kappa shape index (κ3) is 3.95. The highest BCUT2D eigenvalue weighted by atomic mass is 32.2. The van der Waals surface area contributed by atoms with E-state index < -0.39 is 9.84 Å². The maximum absolute atomic E-state index is 13.0. The van der Waals surface area contributed by atoms with Gasteiger partial charge in [-0.25, -0.2) is 8.42 Å². The maximum atomic E-state index is 13.0. The predicted molar refractivity (Wildman–Crippen MR) is 98.8 cm³/mol. The molecule has 0 saturated carbocycles. The van der Waals surface area contributed by atoms with Crippen molar-refractivity contribution < 1.29 is 17.6 Å². The Morgan fingerprint density at radius 2 is 1.69 bits per heavy atom. The van der Waals surface area contributed by atoms with Crippen molar-refractivity contribution in [3.8, 4) is 11.5 Å². The van der Waals surface area contributed by atoms with Crippen LogP contribution in [-0.4, -0.2) is 33.7 Å². The van der Waals surface area contributed by atoms with E-state index >= 15 is 0 Å². The summed E-state index contributed by atoms with van der Waals surface area (Å²) in [4.78, 5) is 4.45. The van der Waals surface area contributed by atoms with E-state index in [0.29, 0.717) is 25.1 Å². The molecule has 136 valence electrons. The van der Waals surface area contributed by atoms with Gasteiger partial charge in [0.25, 0.3) is 0 Å². The van der Waals surface area contributed by atoms with E-state index in [4.69, 9.17) is 9.15 Å². The summed E-state index contributed by atoms with van der Waals surface area (Å²) in [6, 6.07) is 17.4. The molecule has 26 heavy (non-hydrogen) atoms. The SMILES string of the molecule is COCCCNc1oc(-c2ccccc2)nc1S(=O)(=O)c1ccccc1. The molecule has 0 amide bonds. The summed E-state index contributed by atoms with van der Waals surface area (Å²) in [7, 11) is -2.18. The van der Waals surface area contributed by atoms with Gasteiger partial charge in [0, 0.05) is 25.8 Å². The van der Waals surface area contributed by atoms with Gasteiger partial charge in [0.05, 0.1) is 4.90 Å². The Balaban J connectivity index is 2.00. The van der Waals surface area contributed by atoms with E-state index in [2.05, 4.69) is 10.3 Å². The summed E-state index contributed by atoms with van der Waals surface area (Å²) >= 11 is 0. The predicted octanol–water partition coefficient (Wildman–Crippen LogP) is 3.62. The Kier molecular flexibility index (Phi) is 5.70. The summed E-state index contributed by atoms with van der Waals surface area (Å²) in [6.07, 6.45) is 0.711. The third-order valence-electron chi connectivity index (χ3n) is 3.74. The number of hydrogen-bond acceptors (Lipinski definition) is 6. The fourth-order valence-corrected chi connectivity index (χ4v) is 3.73. The highest BCUT2D eigenvalue weighted by molar-refractivity contribution is 7.91. The van der Waals surface area contributed by atoms with Gasteiger partial charge in [-0.3, -0.25) is 0 Å². The number of hydrogen-bond donors (Lipinski definition) is 1. The van der Waals surface area contributed by atoms with E-state index in [1.54, 1.807) is 37.4 Å². The lowest BCUT2D eigenvalue weighted by atomic mass is 10.2. The van der Waals surface area contributed by atoms with E-state index in [9.17, 15) is 8.42 Å². The summed E-state index contributed by atoms with van der Waals surface area (Å²) in [5, 5.41) is 2.91. The summed E-state index contributed by atoms with van der Waals surface area (Å²) < 4.78 is 36.8. The molecule has 6 nitrogen and oxygen atoms in total. The molecule has 3 aromatic rings. The molecule has 7 heteroatoms. The monoisotopic (exact) mass is 372 g/mol. The van der Waals surface area contributed by atoms with Crippen LogP contribution in [0.25, 0.3) is 11.5 Å². The molecule has 0 aliphatic heterocycles. The standard InChI is InChI=1S/C19H20N2O4S/c1-24-14-8-13-20-18-19(26(22,23)16-11-6-3-7-12-16)21-17(25-18)15-9-4-2-5-10-15/h2-7,9-12,20H,8,13-14H2,1H3. The van der Waals surface area contributed by atoms with Crippen molar-refractivity contribution in [2.45, 2.75) is 16.3 Å². The first-order valence-electron chi connectivity index (χ1n) is 8.22. The second-order valence-corrected chi connectivity index (χ2v) is 7.47. The van der Waals surface area contributed by atoms with Gasteiger partial charge in [0.1, 0.15) is 0 Å². The average Bonchev–Trinajstić information content (AvgIpc) is 3.12. The topological polar surface area (TPSA) is 81.4 Å². The van der Waals surface area contributed by atoms with Crippen LogP contribution in [-0.2, 0) is 14.6 Å². The van der Waals surface area contributed by atoms with Crippen LogP contribution in [0.2, 0.25) is 0 Å². The first kappa shape index (κ1) is 18.2. The van der Waals surface area contributed by atoms with Crippen LogP contribution in [0.5, 0.6) is 0 Å². The molecule has 0 aliphatic carbocycles. The minimum atomic E-state index is -3.80. The summed E-state index contributed by atoms with van der Waals surface area (Å²) in [6.45, 7) is 1.07. The molecule has 1 N–H and O–H groups in total. The van der Waals surface area contributed by atoms with Crippen molar-refractivity contribution in [3.63, 3.8) is 0 Å².